The van der Waals surface area contributed by atoms with Gasteiger partial charge in [0.1, 0.15) is 0 Å². The maximum atomic E-state index is 12.6. The maximum absolute atomic E-state index is 12.6. The van der Waals surface area contributed by atoms with Gasteiger partial charge in [-0.05, 0) is 18.4 Å². The zero-order valence-corrected chi connectivity index (χ0v) is 12.4. The van der Waals surface area contributed by atoms with Crippen LogP contribution < -0.4 is 10.2 Å². The number of aromatic nitrogens is 1. The Hall–Kier alpha value is -2.20. The minimum absolute atomic E-state index is 0.0352. The van der Waals surface area contributed by atoms with E-state index in [1.54, 1.807) is 6.20 Å². The first-order valence-electron chi connectivity index (χ1n) is 7.83. The first-order valence-corrected chi connectivity index (χ1v) is 7.83. The normalized spacial score (nSPS) is 23.5. The predicted octanol–water partition coefficient (Wildman–Crippen LogP) is 2.11. The van der Waals surface area contributed by atoms with Crippen LogP contribution in [0.15, 0.2) is 48.8 Å². The quantitative estimate of drug-likeness (QED) is 0.880. The van der Waals surface area contributed by atoms with Crippen LogP contribution in [0.25, 0.3) is 0 Å². The highest BCUT2D eigenvalue weighted by Crippen LogP contribution is 2.27. The van der Waals surface area contributed by atoms with Crippen LogP contribution in [0.3, 0.4) is 0 Å². The molecular formula is C18H19N3O. The highest BCUT2D eigenvalue weighted by Gasteiger charge is 2.32. The van der Waals surface area contributed by atoms with Crippen LogP contribution in [-0.4, -0.2) is 36.4 Å². The molecule has 4 nitrogen and oxygen atoms in total. The lowest BCUT2D eigenvalue weighted by molar-refractivity contribution is 0.103. The molecule has 112 valence electrons. The number of carbonyl (C=O) groups is 1. The Morgan fingerprint density at radius 3 is 2.82 bits per heavy atom. The molecular weight excluding hydrogens is 274 g/mol. The summed E-state index contributed by atoms with van der Waals surface area (Å²) in [7, 11) is 0. The second-order valence-corrected chi connectivity index (χ2v) is 6.24. The van der Waals surface area contributed by atoms with E-state index in [2.05, 4.69) is 15.2 Å². The van der Waals surface area contributed by atoms with E-state index in [1.807, 2.05) is 42.6 Å². The molecule has 2 aromatic rings. The predicted molar refractivity (Wildman–Crippen MR) is 86.2 cm³/mol. The fourth-order valence-electron chi connectivity index (χ4n) is 3.52. The molecule has 0 saturated carbocycles. The Kier molecular flexibility index (Phi) is 3.39. The van der Waals surface area contributed by atoms with Crippen molar-refractivity contribution in [3.63, 3.8) is 0 Å². The number of anilines is 1. The van der Waals surface area contributed by atoms with Crippen molar-refractivity contribution in [3.05, 3.63) is 59.9 Å². The molecule has 2 unspecified atom stereocenters. The van der Waals surface area contributed by atoms with Crippen LogP contribution in [0.4, 0.5) is 5.69 Å². The largest absolute Gasteiger partial charge is 0.368 e. The van der Waals surface area contributed by atoms with E-state index in [1.165, 1.54) is 6.42 Å². The van der Waals surface area contributed by atoms with Gasteiger partial charge in [-0.1, -0.05) is 30.3 Å². The fraction of sp³-hybridized carbons (Fsp3) is 0.333. The number of nitrogens with zero attached hydrogens (tertiary/aromatic N) is 2. The van der Waals surface area contributed by atoms with Gasteiger partial charge in [-0.15, -0.1) is 0 Å². The number of hydrogen-bond acceptors (Lipinski definition) is 4. The third-order valence-corrected chi connectivity index (χ3v) is 4.62. The first-order chi connectivity index (χ1) is 10.8. The fourth-order valence-corrected chi connectivity index (χ4v) is 3.52. The van der Waals surface area contributed by atoms with Crippen LogP contribution in [0.1, 0.15) is 22.3 Å². The summed E-state index contributed by atoms with van der Waals surface area (Å²) >= 11 is 0. The summed E-state index contributed by atoms with van der Waals surface area (Å²) in [5, 5.41) is 3.55. The Morgan fingerprint density at radius 2 is 2.00 bits per heavy atom. The average Bonchev–Trinajstić information content (AvgIpc) is 2.93. The van der Waals surface area contributed by atoms with Gasteiger partial charge in [-0.2, -0.15) is 0 Å². The number of nitrogens with one attached hydrogen (secondary N) is 1. The smallest absolute Gasteiger partial charge is 0.194 e. The highest BCUT2D eigenvalue weighted by atomic mass is 16.1. The number of piperidine rings is 1. The van der Waals surface area contributed by atoms with Gasteiger partial charge in [-0.3, -0.25) is 9.78 Å². The third kappa shape index (κ3) is 2.50. The summed E-state index contributed by atoms with van der Waals surface area (Å²) in [4.78, 5) is 19.2. The molecule has 1 aromatic heterocycles. The Labute approximate surface area is 130 Å². The molecule has 1 N–H and O–H groups in total. The highest BCUT2D eigenvalue weighted by molar-refractivity contribution is 6.09. The molecule has 0 spiro atoms. The van der Waals surface area contributed by atoms with Crippen molar-refractivity contribution in [1.29, 1.82) is 0 Å². The van der Waals surface area contributed by atoms with E-state index in [0.29, 0.717) is 23.1 Å². The van der Waals surface area contributed by atoms with Gasteiger partial charge in [-0.25, -0.2) is 0 Å². The lowest BCUT2D eigenvalue weighted by Gasteiger charge is -2.32. The van der Waals surface area contributed by atoms with E-state index in [0.717, 1.165) is 25.3 Å². The number of pyridine rings is 1. The maximum Gasteiger partial charge on any atom is 0.194 e. The standard InChI is InChI=1S/C18H19N3O/c22-18(14-4-2-1-3-5-14)15-7-17(10-19-9-15)21-11-13-6-16(12-21)20-8-13/h1-5,7,9-10,13,16,20H,6,8,11-12H2. The molecule has 0 radical (unpaired) electrons. The second-order valence-electron chi connectivity index (χ2n) is 6.24. The average molecular weight is 293 g/mol. The summed E-state index contributed by atoms with van der Waals surface area (Å²) in [6.07, 6.45) is 4.80. The zero-order chi connectivity index (χ0) is 14.9. The first kappa shape index (κ1) is 13.5. The number of rotatable bonds is 3. The topological polar surface area (TPSA) is 45.2 Å². The minimum Gasteiger partial charge on any atom is -0.368 e. The van der Waals surface area contributed by atoms with Crippen LogP contribution in [-0.2, 0) is 0 Å². The van der Waals surface area contributed by atoms with Crippen molar-refractivity contribution in [2.75, 3.05) is 24.5 Å². The van der Waals surface area contributed by atoms with Gasteiger partial charge in [0, 0.05) is 43.0 Å². The third-order valence-electron chi connectivity index (χ3n) is 4.62. The lowest BCUT2D eigenvalue weighted by Crippen LogP contribution is -2.41. The summed E-state index contributed by atoms with van der Waals surface area (Å²) in [5.74, 6) is 0.750. The Bertz CT molecular complexity index is 674. The van der Waals surface area contributed by atoms with Crippen molar-refractivity contribution in [3.8, 4) is 0 Å². The van der Waals surface area contributed by atoms with Crippen molar-refractivity contribution < 1.29 is 4.79 Å². The van der Waals surface area contributed by atoms with Crippen molar-refractivity contribution in [2.45, 2.75) is 12.5 Å². The zero-order valence-electron chi connectivity index (χ0n) is 12.4. The van der Waals surface area contributed by atoms with Gasteiger partial charge in [0.2, 0.25) is 0 Å². The minimum atomic E-state index is 0.0352. The van der Waals surface area contributed by atoms with Crippen LogP contribution in [0.5, 0.6) is 0 Å². The molecule has 2 fully saturated rings. The summed E-state index contributed by atoms with van der Waals surface area (Å²) in [6, 6.07) is 11.9. The number of fused-ring (bicyclic) bond motifs is 2. The summed E-state index contributed by atoms with van der Waals surface area (Å²) in [5.41, 5.74) is 2.43. The van der Waals surface area contributed by atoms with E-state index in [-0.39, 0.29) is 5.78 Å². The van der Waals surface area contributed by atoms with Crippen LogP contribution in [0, 0.1) is 5.92 Å². The molecule has 2 atom stereocenters. The van der Waals surface area contributed by atoms with E-state index in [4.69, 9.17) is 0 Å². The number of benzene rings is 1. The monoisotopic (exact) mass is 293 g/mol. The van der Waals surface area contributed by atoms with E-state index >= 15 is 0 Å². The number of carbonyl (C=O) groups excluding carboxylic acids is 1. The molecule has 2 aliphatic rings. The van der Waals surface area contributed by atoms with Gasteiger partial charge in [0.05, 0.1) is 11.9 Å². The van der Waals surface area contributed by atoms with Crippen molar-refractivity contribution in [1.82, 2.24) is 10.3 Å². The molecule has 22 heavy (non-hydrogen) atoms. The van der Waals surface area contributed by atoms with E-state index < -0.39 is 0 Å². The summed E-state index contributed by atoms with van der Waals surface area (Å²) < 4.78 is 0. The SMILES string of the molecule is O=C(c1ccccc1)c1cncc(N2CC3CNC(C3)C2)c1. The second kappa shape index (κ2) is 5.54. The molecule has 3 heterocycles. The number of ketones is 1. The van der Waals surface area contributed by atoms with Gasteiger partial charge in [0.15, 0.2) is 5.78 Å². The lowest BCUT2D eigenvalue weighted by atomic mass is 9.99. The van der Waals surface area contributed by atoms with Gasteiger partial charge >= 0.3 is 0 Å². The molecule has 4 heteroatoms. The van der Waals surface area contributed by atoms with Crippen molar-refractivity contribution >= 4 is 11.5 Å². The van der Waals surface area contributed by atoms with Crippen molar-refractivity contribution in [2.24, 2.45) is 5.92 Å². The van der Waals surface area contributed by atoms with Crippen LogP contribution >= 0.6 is 0 Å². The van der Waals surface area contributed by atoms with Gasteiger partial charge in [0.25, 0.3) is 0 Å². The molecule has 2 bridgehead atoms. The summed E-state index contributed by atoms with van der Waals surface area (Å²) in [6.45, 7) is 3.16. The molecule has 2 saturated heterocycles. The van der Waals surface area contributed by atoms with E-state index in [9.17, 15) is 4.79 Å². The van der Waals surface area contributed by atoms with Gasteiger partial charge < -0.3 is 10.2 Å². The molecule has 2 aliphatic heterocycles. The molecule has 1 aromatic carbocycles. The molecule has 4 rings (SSSR count). The molecule has 0 amide bonds. The number of hydrogen-bond donors (Lipinski definition) is 1. The Morgan fingerprint density at radius 1 is 1.14 bits per heavy atom. The molecule has 0 aliphatic carbocycles. The van der Waals surface area contributed by atoms with Crippen LogP contribution in [0.2, 0.25) is 0 Å². The Balaban J connectivity index is 1.59.